The van der Waals surface area contributed by atoms with Gasteiger partial charge in [-0.25, -0.2) is 0 Å². The molecule has 0 aromatic carbocycles. The maximum atomic E-state index is 9.19. The van der Waals surface area contributed by atoms with Crippen LogP contribution in [0.15, 0.2) is 0 Å². The summed E-state index contributed by atoms with van der Waals surface area (Å²) in [5, 5.41) is 9.19. The third-order valence-electron chi connectivity index (χ3n) is 4.79. The van der Waals surface area contributed by atoms with Gasteiger partial charge >= 0.3 is 0 Å². The summed E-state index contributed by atoms with van der Waals surface area (Å²) in [7, 11) is 0. The van der Waals surface area contributed by atoms with E-state index >= 15 is 0 Å². The number of aliphatic hydroxyl groups is 1. The summed E-state index contributed by atoms with van der Waals surface area (Å²) >= 11 is 0. The first-order chi connectivity index (χ1) is 8.00. The van der Waals surface area contributed by atoms with Crippen molar-refractivity contribution in [2.45, 2.75) is 58.9 Å². The molecule has 1 aliphatic heterocycles. The number of aliphatic hydroxyl groups excluding tert-OH is 1. The van der Waals surface area contributed by atoms with E-state index in [1.807, 2.05) is 0 Å². The minimum atomic E-state index is 0.389. The summed E-state index contributed by atoms with van der Waals surface area (Å²) in [6, 6.07) is 0.799. The fourth-order valence-corrected chi connectivity index (χ4v) is 4.07. The van der Waals surface area contributed by atoms with Crippen LogP contribution in [0.3, 0.4) is 0 Å². The first-order valence-electron chi connectivity index (χ1n) is 7.35. The zero-order valence-corrected chi connectivity index (χ0v) is 11.8. The SMILES string of the molecule is C[C@@H]1C[C@@H](N2CCC(CO)CC2)CC(C)(C)C1. The summed E-state index contributed by atoms with van der Waals surface area (Å²) in [5.74, 6) is 1.44. The third kappa shape index (κ3) is 3.45. The van der Waals surface area contributed by atoms with E-state index in [-0.39, 0.29) is 0 Å². The monoisotopic (exact) mass is 239 g/mol. The highest BCUT2D eigenvalue weighted by Gasteiger charge is 2.35. The molecule has 0 amide bonds. The molecule has 2 heteroatoms. The van der Waals surface area contributed by atoms with E-state index in [2.05, 4.69) is 25.7 Å². The van der Waals surface area contributed by atoms with Gasteiger partial charge in [0.1, 0.15) is 0 Å². The van der Waals surface area contributed by atoms with Crippen LogP contribution in [-0.2, 0) is 0 Å². The van der Waals surface area contributed by atoms with Crippen LogP contribution < -0.4 is 0 Å². The van der Waals surface area contributed by atoms with Gasteiger partial charge in [0, 0.05) is 12.6 Å². The molecule has 0 aromatic rings. The summed E-state index contributed by atoms with van der Waals surface area (Å²) in [6.45, 7) is 10.1. The van der Waals surface area contributed by atoms with Crippen LogP contribution in [0.25, 0.3) is 0 Å². The van der Waals surface area contributed by atoms with E-state index in [0.717, 1.165) is 12.0 Å². The van der Waals surface area contributed by atoms with Crippen LogP contribution in [-0.4, -0.2) is 35.7 Å². The predicted molar refractivity (Wildman–Crippen MR) is 72.0 cm³/mol. The molecule has 0 spiro atoms. The molecule has 1 saturated heterocycles. The van der Waals surface area contributed by atoms with Crippen molar-refractivity contribution in [3.63, 3.8) is 0 Å². The average molecular weight is 239 g/mol. The van der Waals surface area contributed by atoms with Crippen molar-refractivity contribution in [1.82, 2.24) is 4.90 Å². The average Bonchev–Trinajstić information content (AvgIpc) is 2.26. The molecule has 0 radical (unpaired) electrons. The highest BCUT2D eigenvalue weighted by atomic mass is 16.3. The van der Waals surface area contributed by atoms with Crippen molar-refractivity contribution in [2.75, 3.05) is 19.7 Å². The normalized spacial score (nSPS) is 36.0. The Morgan fingerprint density at radius 3 is 2.35 bits per heavy atom. The van der Waals surface area contributed by atoms with Gasteiger partial charge in [-0.2, -0.15) is 0 Å². The van der Waals surface area contributed by atoms with E-state index in [9.17, 15) is 5.11 Å². The standard InChI is InChI=1S/C15H29NO/c1-12-8-14(10-15(2,3)9-12)16-6-4-13(11-17)5-7-16/h12-14,17H,4-11H2,1-3H3/t12-,14-/m1/s1. The third-order valence-corrected chi connectivity index (χ3v) is 4.79. The number of hydrogen-bond acceptors (Lipinski definition) is 2. The van der Waals surface area contributed by atoms with Crippen LogP contribution >= 0.6 is 0 Å². The highest BCUT2D eigenvalue weighted by Crippen LogP contribution is 2.41. The Kier molecular flexibility index (Phi) is 4.14. The molecule has 17 heavy (non-hydrogen) atoms. The molecule has 2 fully saturated rings. The summed E-state index contributed by atoms with van der Waals surface area (Å²) in [4.78, 5) is 2.70. The molecule has 1 N–H and O–H groups in total. The van der Waals surface area contributed by atoms with Crippen LogP contribution in [0.5, 0.6) is 0 Å². The fourth-order valence-electron chi connectivity index (χ4n) is 4.07. The lowest BCUT2D eigenvalue weighted by atomic mass is 9.70. The van der Waals surface area contributed by atoms with Crippen LogP contribution in [0.2, 0.25) is 0 Å². The second-order valence-electron chi connectivity index (χ2n) is 7.23. The van der Waals surface area contributed by atoms with Gasteiger partial charge in [0.15, 0.2) is 0 Å². The van der Waals surface area contributed by atoms with Gasteiger partial charge < -0.3 is 10.0 Å². The van der Waals surface area contributed by atoms with Gasteiger partial charge in [-0.3, -0.25) is 0 Å². The number of rotatable bonds is 2. The van der Waals surface area contributed by atoms with E-state index in [1.54, 1.807) is 0 Å². The van der Waals surface area contributed by atoms with E-state index in [0.29, 0.717) is 17.9 Å². The molecule has 2 rings (SSSR count). The first kappa shape index (κ1) is 13.4. The maximum absolute atomic E-state index is 9.19. The summed E-state index contributed by atoms with van der Waals surface area (Å²) in [5.41, 5.74) is 0.524. The molecule has 0 aromatic heterocycles. The van der Waals surface area contributed by atoms with Crippen molar-refractivity contribution in [2.24, 2.45) is 17.3 Å². The summed E-state index contributed by atoms with van der Waals surface area (Å²) in [6.07, 6.45) is 6.52. The van der Waals surface area contributed by atoms with Gasteiger partial charge in [0.05, 0.1) is 0 Å². The van der Waals surface area contributed by atoms with E-state index < -0.39 is 0 Å². The van der Waals surface area contributed by atoms with Crippen molar-refractivity contribution in [3.8, 4) is 0 Å². The largest absolute Gasteiger partial charge is 0.396 e. The van der Waals surface area contributed by atoms with Crippen LogP contribution in [0.4, 0.5) is 0 Å². The second-order valence-corrected chi connectivity index (χ2v) is 7.23. The van der Waals surface area contributed by atoms with Gasteiger partial charge in [0.2, 0.25) is 0 Å². The molecule has 1 aliphatic carbocycles. The minimum absolute atomic E-state index is 0.389. The maximum Gasteiger partial charge on any atom is 0.0460 e. The summed E-state index contributed by atoms with van der Waals surface area (Å²) < 4.78 is 0. The molecule has 100 valence electrons. The van der Waals surface area contributed by atoms with E-state index in [1.165, 1.54) is 45.2 Å². The van der Waals surface area contributed by atoms with Gasteiger partial charge in [0.25, 0.3) is 0 Å². The lowest BCUT2D eigenvalue weighted by Gasteiger charge is -2.46. The van der Waals surface area contributed by atoms with Crippen molar-refractivity contribution >= 4 is 0 Å². The lowest BCUT2D eigenvalue weighted by molar-refractivity contribution is 0.0359. The Labute approximate surface area is 106 Å². The molecule has 0 bridgehead atoms. The van der Waals surface area contributed by atoms with Gasteiger partial charge in [-0.15, -0.1) is 0 Å². The van der Waals surface area contributed by atoms with Crippen molar-refractivity contribution in [3.05, 3.63) is 0 Å². The Morgan fingerprint density at radius 2 is 1.82 bits per heavy atom. The van der Waals surface area contributed by atoms with E-state index in [4.69, 9.17) is 0 Å². The fraction of sp³-hybridized carbons (Fsp3) is 1.00. The molecular formula is C15H29NO. The molecule has 2 atom stereocenters. The zero-order chi connectivity index (χ0) is 12.5. The van der Waals surface area contributed by atoms with Crippen molar-refractivity contribution in [1.29, 1.82) is 0 Å². The Hall–Kier alpha value is -0.0800. The highest BCUT2D eigenvalue weighted by molar-refractivity contribution is 4.89. The zero-order valence-electron chi connectivity index (χ0n) is 11.8. The molecule has 1 saturated carbocycles. The lowest BCUT2D eigenvalue weighted by Crippen LogP contribution is -2.47. The minimum Gasteiger partial charge on any atom is -0.396 e. The molecule has 0 unspecified atom stereocenters. The quantitative estimate of drug-likeness (QED) is 0.801. The molecular weight excluding hydrogens is 210 g/mol. The van der Waals surface area contributed by atoms with Crippen molar-refractivity contribution < 1.29 is 5.11 Å². The Bertz CT molecular complexity index is 243. The number of nitrogens with zero attached hydrogens (tertiary/aromatic N) is 1. The Balaban J connectivity index is 1.90. The molecule has 2 nitrogen and oxygen atoms in total. The van der Waals surface area contributed by atoms with Crippen LogP contribution in [0.1, 0.15) is 52.9 Å². The Morgan fingerprint density at radius 1 is 1.18 bits per heavy atom. The first-order valence-corrected chi connectivity index (χ1v) is 7.35. The predicted octanol–water partition coefficient (Wildman–Crippen LogP) is 2.91. The van der Waals surface area contributed by atoms with Gasteiger partial charge in [-0.05, 0) is 62.4 Å². The molecule has 2 aliphatic rings. The topological polar surface area (TPSA) is 23.5 Å². The second kappa shape index (κ2) is 5.27. The number of hydrogen-bond donors (Lipinski definition) is 1. The van der Waals surface area contributed by atoms with Crippen LogP contribution in [0, 0.1) is 17.3 Å². The van der Waals surface area contributed by atoms with Gasteiger partial charge in [-0.1, -0.05) is 20.8 Å². The number of piperidine rings is 1. The number of likely N-dealkylation sites (tertiary alicyclic amines) is 1. The smallest absolute Gasteiger partial charge is 0.0460 e. The molecule has 1 heterocycles.